The second kappa shape index (κ2) is 10.1. The summed E-state index contributed by atoms with van der Waals surface area (Å²) in [6.45, 7) is 2.94. The van der Waals surface area contributed by atoms with Crippen LogP contribution < -0.4 is 15.4 Å². The number of carbonyl (C=O) groups is 4. The van der Waals surface area contributed by atoms with Gasteiger partial charge in [0.2, 0.25) is 0 Å². The van der Waals surface area contributed by atoms with Gasteiger partial charge in [-0.2, -0.15) is 0 Å². The van der Waals surface area contributed by atoms with Gasteiger partial charge in [-0.05, 0) is 31.2 Å². The first kappa shape index (κ1) is 20.9. The Balaban J connectivity index is 1.89. The van der Waals surface area contributed by atoms with E-state index in [9.17, 15) is 19.2 Å². The average molecular weight is 390 g/mol. The minimum absolute atomic E-state index is 0.0145. The Morgan fingerprint density at radius 2 is 1.79 bits per heavy atom. The summed E-state index contributed by atoms with van der Waals surface area (Å²) in [6, 6.07) is 5.91. The summed E-state index contributed by atoms with van der Waals surface area (Å²) in [5.41, 5.74) is 0.918. The van der Waals surface area contributed by atoms with Gasteiger partial charge in [0, 0.05) is 12.0 Å². The Morgan fingerprint density at radius 3 is 2.43 bits per heavy atom. The molecule has 28 heavy (non-hydrogen) atoms. The molecule has 1 heterocycles. The number of ketones is 1. The molecule has 9 nitrogen and oxygen atoms in total. The number of hydrogen-bond donors (Lipinski definition) is 2. The van der Waals surface area contributed by atoms with E-state index in [0.717, 1.165) is 0 Å². The second-order valence-electron chi connectivity index (χ2n) is 5.74. The highest BCUT2D eigenvalue weighted by atomic mass is 16.6. The summed E-state index contributed by atoms with van der Waals surface area (Å²) in [5, 5.41) is 4.89. The fourth-order valence-corrected chi connectivity index (χ4v) is 2.35. The van der Waals surface area contributed by atoms with E-state index in [1.807, 2.05) is 0 Å². The van der Waals surface area contributed by atoms with Crippen LogP contribution in [0.2, 0.25) is 0 Å². The van der Waals surface area contributed by atoms with Crippen LogP contribution in [0.1, 0.15) is 30.6 Å². The lowest BCUT2D eigenvalue weighted by molar-refractivity contribution is -0.145. The number of rotatable bonds is 9. The number of hydrogen-bond acceptors (Lipinski definition) is 7. The number of Topliss-reactive ketones (excluding diaryl/α,β-unsaturated/α-hetero) is 1. The second-order valence-corrected chi connectivity index (χ2v) is 5.74. The van der Waals surface area contributed by atoms with E-state index >= 15 is 0 Å². The molecule has 0 aliphatic carbocycles. The Labute approximate surface area is 162 Å². The van der Waals surface area contributed by atoms with Gasteiger partial charge >= 0.3 is 18.0 Å². The molecular weight excluding hydrogens is 368 g/mol. The maximum absolute atomic E-state index is 11.9. The molecule has 1 aromatic rings. The quantitative estimate of drug-likeness (QED) is 0.482. The van der Waals surface area contributed by atoms with Crippen molar-refractivity contribution in [2.45, 2.75) is 20.3 Å². The smallest absolute Gasteiger partial charge is 0.344 e. The van der Waals surface area contributed by atoms with E-state index in [1.165, 1.54) is 0 Å². The lowest BCUT2D eigenvalue weighted by atomic mass is 10.1. The summed E-state index contributed by atoms with van der Waals surface area (Å²) >= 11 is 0. The van der Waals surface area contributed by atoms with Crippen LogP contribution in [-0.4, -0.2) is 50.1 Å². The highest BCUT2D eigenvalue weighted by molar-refractivity contribution is 5.96. The molecule has 0 radical (unpaired) electrons. The van der Waals surface area contributed by atoms with Crippen LogP contribution in [0.4, 0.5) is 4.79 Å². The maximum atomic E-state index is 11.9. The molecule has 0 unspecified atom stereocenters. The zero-order valence-corrected chi connectivity index (χ0v) is 15.7. The van der Waals surface area contributed by atoms with Crippen LogP contribution in [-0.2, 0) is 19.1 Å². The molecule has 0 spiro atoms. The average Bonchev–Trinajstić information content (AvgIpc) is 2.70. The molecule has 2 rings (SSSR count). The van der Waals surface area contributed by atoms with Gasteiger partial charge < -0.3 is 24.8 Å². The third-order valence-corrected chi connectivity index (χ3v) is 3.81. The predicted octanol–water partition coefficient (Wildman–Crippen LogP) is 1.33. The minimum atomic E-state index is -0.683. The van der Waals surface area contributed by atoms with Gasteiger partial charge in [0.05, 0.1) is 24.4 Å². The molecule has 150 valence electrons. The lowest BCUT2D eigenvalue weighted by Crippen LogP contribution is -2.45. The van der Waals surface area contributed by atoms with E-state index in [4.69, 9.17) is 14.2 Å². The molecule has 0 saturated heterocycles. The van der Waals surface area contributed by atoms with Crippen LogP contribution >= 0.6 is 0 Å². The molecule has 0 saturated carbocycles. The highest BCUT2D eigenvalue weighted by Gasteiger charge is 2.24. The van der Waals surface area contributed by atoms with Crippen LogP contribution in [0.15, 0.2) is 35.5 Å². The molecule has 1 aliphatic heterocycles. The summed E-state index contributed by atoms with van der Waals surface area (Å²) < 4.78 is 15.3. The van der Waals surface area contributed by atoms with Crippen molar-refractivity contribution < 1.29 is 33.4 Å². The van der Waals surface area contributed by atoms with Gasteiger partial charge in [-0.3, -0.25) is 4.79 Å². The van der Waals surface area contributed by atoms with Gasteiger partial charge in [0.15, 0.2) is 12.4 Å². The number of ether oxygens (including phenoxy) is 3. The monoisotopic (exact) mass is 390 g/mol. The fourth-order valence-electron chi connectivity index (χ4n) is 2.35. The number of carbonyl (C=O) groups excluding carboxylic acids is 4. The third-order valence-electron chi connectivity index (χ3n) is 3.81. The minimum Gasteiger partial charge on any atom is -0.482 e. The van der Waals surface area contributed by atoms with Crippen molar-refractivity contribution >= 4 is 23.8 Å². The van der Waals surface area contributed by atoms with Gasteiger partial charge in [0.25, 0.3) is 0 Å². The van der Waals surface area contributed by atoms with Crippen molar-refractivity contribution in [2.24, 2.45) is 0 Å². The Morgan fingerprint density at radius 1 is 1.07 bits per heavy atom. The van der Waals surface area contributed by atoms with Crippen molar-refractivity contribution in [1.29, 1.82) is 0 Å². The molecule has 2 N–H and O–H groups in total. The number of urea groups is 1. The molecule has 0 fully saturated rings. The van der Waals surface area contributed by atoms with Crippen molar-refractivity contribution in [3.8, 4) is 5.75 Å². The summed E-state index contributed by atoms with van der Waals surface area (Å²) in [4.78, 5) is 46.8. The summed E-state index contributed by atoms with van der Waals surface area (Å²) in [7, 11) is 0. The molecule has 0 bridgehead atoms. The van der Waals surface area contributed by atoms with Gasteiger partial charge in [0.1, 0.15) is 12.4 Å². The van der Waals surface area contributed by atoms with Crippen molar-refractivity contribution in [1.82, 2.24) is 10.6 Å². The molecule has 2 amide bonds. The van der Waals surface area contributed by atoms with E-state index < -0.39 is 18.0 Å². The van der Waals surface area contributed by atoms with E-state index in [1.54, 1.807) is 38.1 Å². The zero-order valence-electron chi connectivity index (χ0n) is 15.7. The Bertz CT molecular complexity index is 784. The number of esters is 2. The number of amides is 2. The van der Waals surface area contributed by atoms with Crippen LogP contribution in [0, 0.1) is 0 Å². The molecular formula is C19H22N2O7. The van der Waals surface area contributed by atoms with E-state index in [0.29, 0.717) is 17.7 Å². The van der Waals surface area contributed by atoms with E-state index in [-0.39, 0.29) is 43.4 Å². The first-order chi connectivity index (χ1) is 13.4. The van der Waals surface area contributed by atoms with Gasteiger partial charge in [-0.25, -0.2) is 14.4 Å². The standard InChI is InChI=1S/C19H22N2O7/c1-3-16(22)12-5-7-13(8-6-12)27-11-17(23)28-10-15-14(18(24)26-4-2)9-20-19(25)21-15/h5-8H,3-4,9-11H2,1-2H3,(H2,20,21,25). The normalized spacial score (nSPS) is 13.3. The highest BCUT2D eigenvalue weighted by Crippen LogP contribution is 2.14. The van der Waals surface area contributed by atoms with Crippen LogP contribution in [0.5, 0.6) is 5.75 Å². The third kappa shape index (κ3) is 5.83. The summed E-state index contributed by atoms with van der Waals surface area (Å²) in [6.07, 6.45) is 0.405. The van der Waals surface area contributed by atoms with E-state index in [2.05, 4.69) is 10.6 Å². The number of nitrogens with one attached hydrogen (secondary N) is 2. The molecule has 1 aromatic carbocycles. The topological polar surface area (TPSA) is 120 Å². The predicted molar refractivity (Wildman–Crippen MR) is 97.7 cm³/mol. The van der Waals surface area contributed by atoms with Crippen molar-refractivity contribution in [3.63, 3.8) is 0 Å². The first-order valence-corrected chi connectivity index (χ1v) is 8.80. The lowest BCUT2D eigenvalue weighted by Gasteiger charge is -2.21. The van der Waals surface area contributed by atoms with Crippen molar-refractivity contribution in [3.05, 3.63) is 41.1 Å². The largest absolute Gasteiger partial charge is 0.482 e. The molecule has 1 aliphatic rings. The fraction of sp³-hybridized carbons (Fsp3) is 0.368. The Kier molecular flexibility index (Phi) is 7.55. The molecule has 9 heteroatoms. The molecule has 0 atom stereocenters. The zero-order chi connectivity index (χ0) is 20.5. The van der Waals surface area contributed by atoms with Crippen molar-refractivity contribution in [2.75, 3.05) is 26.4 Å². The van der Waals surface area contributed by atoms with Crippen LogP contribution in [0.25, 0.3) is 0 Å². The van der Waals surface area contributed by atoms with Crippen LogP contribution in [0.3, 0.4) is 0 Å². The Hall–Kier alpha value is -3.36. The summed E-state index contributed by atoms with van der Waals surface area (Å²) in [5.74, 6) is -0.858. The number of benzene rings is 1. The van der Waals surface area contributed by atoms with Gasteiger partial charge in [-0.15, -0.1) is 0 Å². The van der Waals surface area contributed by atoms with Gasteiger partial charge in [-0.1, -0.05) is 6.92 Å². The maximum Gasteiger partial charge on any atom is 0.344 e. The SMILES string of the molecule is CCOC(=O)C1=C(COC(=O)COc2ccc(C(=O)CC)cc2)NC(=O)NC1. The first-order valence-electron chi connectivity index (χ1n) is 8.80. The molecule has 0 aromatic heterocycles.